The van der Waals surface area contributed by atoms with Gasteiger partial charge >= 0.3 is 0 Å². The minimum Gasteiger partial charge on any atom is -0.376 e. The summed E-state index contributed by atoms with van der Waals surface area (Å²) in [5.74, 6) is 1.27. The Hall–Kier alpha value is -1.62. The molecule has 1 saturated heterocycles. The fourth-order valence-electron chi connectivity index (χ4n) is 3.21. The van der Waals surface area contributed by atoms with Gasteiger partial charge in [-0.2, -0.15) is 0 Å². The smallest absolute Gasteiger partial charge is 0.202 e. The molecule has 100 valence electrons. The summed E-state index contributed by atoms with van der Waals surface area (Å²) in [6.45, 7) is 2.86. The van der Waals surface area contributed by atoms with Gasteiger partial charge in [0.1, 0.15) is 5.52 Å². The van der Waals surface area contributed by atoms with Crippen molar-refractivity contribution in [3.8, 4) is 0 Å². The summed E-state index contributed by atoms with van der Waals surface area (Å²) < 4.78 is 8.01. The lowest BCUT2D eigenvalue weighted by Crippen LogP contribution is -2.23. The van der Waals surface area contributed by atoms with E-state index in [4.69, 9.17) is 10.5 Å². The molecule has 0 amide bonds. The van der Waals surface area contributed by atoms with Gasteiger partial charge in [-0.3, -0.25) is 4.57 Å². The van der Waals surface area contributed by atoms with Crippen molar-refractivity contribution in [2.24, 2.45) is 5.92 Å². The fraction of sp³-hybridized carbons (Fsp3) is 0.571. The van der Waals surface area contributed by atoms with Crippen molar-refractivity contribution in [1.29, 1.82) is 0 Å². The Kier molecular flexibility index (Phi) is 2.33. The van der Waals surface area contributed by atoms with Crippen molar-refractivity contribution in [3.05, 3.63) is 17.8 Å². The largest absolute Gasteiger partial charge is 0.376 e. The molecule has 2 atom stereocenters. The number of hydrogen-bond acceptors (Lipinski definition) is 4. The zero-order chi connectivity index (χ0) is 13.0. The minimum absolute atomic E-state index is 0.294. The summed E-state index contributed by atoms with van der Waals surface area (Å²) in [6.07, 6.45) is 5.69. The van der Waals surface area contributed by atoms with Crippen LogP contribution in [0.15, 0.2) is 12.3 Å². The molecular formula is C14H18N4O. The number of anilines is 1. The van der Waals surface area contributed by atoms with Crippen LogP contribution in [0.1, 0.15) is 30.9 Å². The Balaban J connectivity index is 1.85. The van der Waals surface area contributed by atoms with Gasteiger partial charge in [0.2, 0.25) is 5.95 Å². The first kappa shape index (κ1) is 11.2. The van der Waals surface area contributed by atoms with Crippen LogP contribution >= 0.6 is 0 Å². The van der Waals surface area contributed by atoms with Crippen LogP contribution in [-0.4, -0.2) is 27.2 Å². The number of imidazole rings is 1. The van der Waals surface area contributed by atoms with Gasteiger partial charge in [-0.15, -0.1) is 0 Å². The van der Waals surface area contributed by atoms with Gasteiger partial charge in [0.25, 0.3) is 0 Å². The number of nitrogens with two attached hydrogens (primary N) is 1. The van der Waals surface area contributed by atoms with Crippen molar-refractivity contribution in [3.63, 3.8) is 0 Å². The molecule has 2 fully saturated rings. The Morgan fingerprint density at radius 1 is 1.37 bits per heavy atom. The molecule has 1 saturated carbocycles. The van der Waals surface area contributed by atoms with Gasteiger partial charge in [0, 0.05) is 12.8 Å². The molecule has 2 N–H and O–H groups in total. The number of aromatic nitrogens is 3. The number of fused-ring (bicyclic) bond motifs is 1. The normalized spacial score (nSPS) is 27.2. The highest BCUT2D eigenvalue weighted by atomic mass is 16.5. The van der Waals surface area contributed by atoms with Gasteiger partial charge < -0.3 is 10.5 Å². The van der Waals surface area contributed by atoms with E-state index in [9.17, 15) is 0 Å². The summed E-state index contributed by atoms with van der Waals surface area (Å²) in [5, 5.41) is 0. The molecule has 19 heavy (non-hydrogen) atoms. The van der Waals surface area contributed by atoms with Crippen LogP contribution in [0.25, 0.3) is 11.2 Å². The van der Waals surface area contributed by atoms with Crippen molar-refractivity contribution in [1.82, 2.24) is 14.5 Å². The highest BCUT2D eigenvalue weighted by molar-refractivity contribution is 5.77. The Morgan fingerprint density at radius 3 is 3.00 bits per heavy atom. The molecule has 0 aromatic carbocycles. The lowest BCUT2D eigenvalue weighted by molar-refractivity contribution is 0.0761. The fourth-order valence-corrected chi connectivity index (χ4v) is 3.21. The first-order valence-electron chi connectivity index (χ1n) is 6.96. The molecule has 1 aliphatic carbocycles. The number of nitrogens with zero attached hydrogens (tertiary/aromatic N) is 3. The molecule has 2 aliphatic rings. The number of rotatable bonds is 2. The molecular weight excluding hydrogens is 240 g/mol. The average molecular weight is 258 g/mol. The summed E-state index contributed by atoms with van der Waals surface area (Å²) in [6, 6.07) is 2.27. The maximum Gasteiger partial charge on any atom is 0.202 e. The van der Waals surface area contributed by atoms with Crippen molar-refractivity contribution < 1.29 is 4.74 Å². The zero-order valence-electron chi connectivity index (χ0n) is 11.0. The van der Waals surface area contributed by atoms with E-state index in [1.54, 1.807) is 0 Å². The zero-order valence-corrected chi connectivity index (χ0v) is 11.0. The predicted molar refractivity (Wildman–Crippen MR) is 72.8 cm³/mol. The summed E-state index contributed by atoms with van der Waals surface area (Å²) >= 11 is 0. The Morgan fingerprint density at radius 2 is 2.21 bits per heavy atom. The quantitative estimate of drug-likeness (QED) is 0.895. The van der Waals surface area contributed by atoms with E-state index in [1.807, 2.05) is 19.2 Å². The third kappa shape index (κ3) is 1.64. The molecule has 0 radical (unpaired) electrons. The lowest BCUT2D eigenvalue weighted by atomic mass is 10.1. The van der Waals surface area contributed by atoms with E-state index in [0.29, 0.717) is 24.0 Å². The summed E-state index contributed by atoms with van der Waals surface area (Å²) in [4.78, 5) is 8.98. The molecule has 4 rings (SSSR count). The standard InChI is InChI=1S/C14H18N4O/c1-8-4-6-16-13-11(8)17-14(15)18(13)10-5-7-19-12(10)9-2-3-9/h4,6,9-10,12H,2-3,5,7H2,1H3,(H2,15,17). The van der Waals surface area contributed by atoms with Crippen LogP contribution in [-0.2, 0) is 4.74 Å². The highest BCUT2D eigenvalue weighted by Gasteiger charge is 2.42. The summed E-state index contributed by atoms with van der Waals surface area (Å²) in [5.41, 5.74) is 9.08. The second-order valence-corrected chi connectivity index (χ2v) is 5.67. The molecule has 1 aliphatic heterocycles. The molecule has 5 nitrogen and oxygen atoms in total. The molecule has 2 aromatic heterocycles. The number of nitrogen functional groups attached to an aromatic ring is 1. The van der Waals surface area contributed by atoms with Gasteiger partial charge in [0.15, 0.2) is 5.65 Å². The minimum atomic E-state index is 0.294. The van der Waals surface area contributed by atoms with E-state index in [2.05, 4.69) is 14.5 Å². The van der Waals surface area contributed by atoms with Crippen LogP contribution in [0.5, 0.6) is 0 Å². The number of pyridine rings is 1. The molecule has 2 aromatic rings. The third-order valence-electron chi connectivity index (χ3n) is 4.33. The van der Waals surface area contributed by atoms with E-state index in [1.165, 1.54) is 12.8 Å². The molecule has 2 unspecified atom stereocenters. The van der Waals surface area contributed by atoms with Crippen LogP contribution in [0.2, 0.25) is 0 Å². The Bertz CT molecular complexity index is 632. The van der Waals surface area contributed by atoms with E-state index >= 15 is 0 Å². The maximum absolute atomic E-state index is 6.14. The second-order valence-electron chi connectivity index (χ2n) is 5.67. The van der Waals surface area contributed by atoms with Gasteiger partial charge in [-0.25, -0.2) is 9.97 Å². The monoisotopic (exact) mass is 258 g/mol. The third-order valence-corrected chi connectivity index (χ3v) is 4.33. The molecule has 5 heteroatoms. The first-order chi connectivity index (χ1) is 9.25. The van der Waals surface area contributed by atoms with E-state index in [-0.39, 0.29) is 0 Å². The van der Waals surface area contributed by atoms with Crippen molar-refractivity contribution >= 4 is 17.1 Å². The summed E-state index contributed by atoms with van der Waals surface area (Å²) in [7, 11) is 0. The van der Waals surface area contributed by atoms with Gasteiger partial charge in [-0.1, -0.05) is 0 Å². The van der Waals surface area contributed by atoms with E-state index in [0.717, 1.165) is 29.8 Å². The Labute approximate surface area is 111 Å². The SMILES string of the molecule is Cc1ccnc2c1nc(N)n2C1CCOC1C1CC1. The predicted octanol–water partition coefficient (Wildman–Crippen LogP) is 2.06. The number of aryl methyl sites for hydroxylation is 1. The first-order valence-corrected chi connectivity index (χ1v) is 6.96. The second kappa shape index (κ2) is 3.93. The van der Waals surface area contributed by atoms with Crippen LogP contribution in [0.3, 0.4) is 0 Å². The molecule has 0 spiro atoms. The number of ether oxygens (including phenoxy) is 1. The van der Waals surface area contributed by atoms with Crippen LogP contribution in [0, 0.1) is 12.8 Å². The number of hydrogen-bond donors (Lipinski definition) is 1. The highest BCUT2D eigenvalue weighted by Crippen LogP contribution is 2.44. The lowest BCUT2D eigenvalue weighted by Gasteiger charge is -2.20. The van der Waals surface area contributed by atoms with Crippen LogP contribution in [0.4, 0.5) is 5.95 Å². The molecule has 0 bridgehead atoms. The van der Waals surface area contributed by atoms with Gasteiger partial charge in [0.05, 0.1) is 12.1 Å². The van der Waals surface area contributed by atoms with Crippen LogP contribution < -0.4 is 5.73 Å². The van der Waals surface area contributed by atoms with Gasteiger partial charge in [-0.05, 0) is 43.7 Å². The maximum atomic E-state index is 6.14. The average Bonchev–Trinajstić information content (AvgIpc) is 3.02. The molecule has 3 heterocycles. The van der Waals surface area contributed by atoms with Crippen molar-refractivity contribution in [2.45, 2.75) is 38.3 Å². The van der Waals surface area contributed by atoms with E-state index < -0.39 is 0 Å². The van der Waals surface area contributed by atoms with Crippen molar-refractivity contribution in [2.75, 3.05) is 12.3 Å². The topological polar surface area (TPSA) is 66.0 Å².